The predicted molar refractivity (Wildman–Crippen MR) is 99.0 cm³/mol. The van der Waals surface area contributed by atoms with Crippen molar-refractivity contribution in [1.29, 1.82) is 0 Å². The monoisotopic (exact) mass is 380 g/mol. The maximum Gasteiger partial charge on any atom is 0.266 e. The summed E-state index contributed by atoms with van der Waals surface area (Å²) < 4.78 is 14.6. The van der Waals surface area contributed by atoms with Crippen LogP contribution in [0.2, 0.25) is 0 Å². The average molecular weight is 380 g/mol. The van der Waals surface area contributed by atoms with Crippen molar-refractivity contribution in [2.45, 2.75) is 32.7 Å². The van der Waals surface area contributed by atoms with Gasteiger partial charge in [-0.25, -0.2) is 9.29 Å². The lowest BCUT2D eigenvalue weighted by Gasteiger charge is -2.29. The lowest BCUT2D eigenvalue weighted by molar-refractivity contribution is -0.119. The molecule has 4 rings (SSSR count). The maximum atomic E-state index is 14.6. The number of Topliss-reactive ketones (excluding diaryl/α,β-unsaturated/α-hetero) is 1. The third-order valence-electron chi connectivity index (χ3n) is 5.29. The van der Waals surface area contributed by atoms with Crippen LogP contribution in [-0.2, 0) is 11.2 Å². The molecule has 2 aromatic carbocycles. The number of fused-ring (bicyclic) bond motifs is 2. The van der Waals surface area contributed by atoms with Gasteiger partial charge in [0, 0.05) is 12.5 Å². The van der Waals surface area contributed by atoms with E-state index >= 15 is 0 Å². The van der Waals surface area contributed by atoms with Crippen LogP contribution in [0.4, 0.5) is 10.1 Å². The Hall–Kier alpha value is -3.35. The highest BCUT2D eigenvalue weighted by Crippen LogP contribution is 2.38. The number of nitrogens with one attached hydrogen (secondary N) is 1. The van der Waals surface area contributed by atoms with Gasteiger partial charge in [-0.1, -0.05) is 12.1 Å². The highest BCUT2D eigenvalue weighted by Gasteiger charge is 2.41. The quantitative estimate of drug-likeness (QED) is 0.812. The van der Waals surface area contributed by atoms with Gasteiger partial charge in [0.1, 0.15) is 5.82 Å². The molecule has 1 atom stereocenters. The Morgan fingerprint density at radius 1 is 1.14 bits per heavy atom. The van der Waals surface area contributed by atoms with Crippen LogP contribution in [0.1, 0.15) is 55.5 Å². The van der Waals surface area contributed by atoms with Crippen LogP contribution in [0.5, 0.6) is 0 Å². The predicted octanol–water partition coefficient (Wildman–Crippen LogP) is 2.57. The Balaban J connectivity index is 1.89. The summed E-state index contributed by atoms with van der Waals surface area (Å²) in [6, 6.07) is 6.60. The van der Waals surface area contributed by atoms with Crippen LogP contribution in [0.15, 0.2) is 30.3 Å². The minimum absolute atomic E-state index is 0.0654. The van der Waals surface area contributed by atoms with Gasteiger partial charge in [-0.05, 0) is 49.1 Å². The lowest BCUT2D eigenvalue weighted by atomic mass is 9.83. The Bertz CT molecular complexity index is 1040. The Kier molecular flexibility index (Phi) is 4.10. The maximum absolute atomic E-state index is 14.6. The van der Waals surface area contributed by atoms with Crippen LogP contribution >= 0.6 is 0 Å². The molecule has 0 radical (unpaired) electrons. The minimum atomic E-state index is -0.774. The van der Waals surface area contributed by atoms with Gasteiger partial charge in [0.15, 0.2) is 5.78 Å². The second kappa shape index (κ2) is 6.37. The van der Waals surface area contributed by atoms with E-state index in [1.54, 1.807) is 19.1 Å². The summed E-state index contributed by atoms with van der Waals surface area (Å²) in [7, 11) is 0. The number of carbonyl (C=O) groups excluding carboxylic acids is 4. The zero-order valence-corrected chi connectivity index (χ0v) is 15.3. The summed E-state index contributed by atoms with van der Waals surface area (Å²) in [4.78, 5) is 51.1. The smallest absolute Gasteiger partial charge is 0.266 e. The molecule has 0 saturated heterocycles. The summed E-state index contributed by atoms with van der Waals surface area (Å²) in [5.74, 6) is -2.56. The number of carbonyl (C=O) groups is 4. The van der Waals surface area contributed by atoms with Gasteiger partial charge in [0.25, 0.3) is 11.8 Å². The van der Waals surface area contributed by atoms with E-state index in [1.807, 2.05) is 0 Å². The van der Waals surface area contributed by atoms with Crippen molar-refractivity contribution < 1.29 is 23.6 Å². The molecule has 0 spiro atoms. The van der Waals surface area contributed by atoms with Crippen LogP contribution in [0.3, 0.4) is 0 Å². The molecule has 6 nitrogen and oxygen atoms in total. The number of hydrogen-bond donors (Lipinski definition) is 1. The number of anilines is 1. The standard InChI is InChI=1S/C21H17FN2O4/c1-10-12-7-8-16(23-11(2)25)19(26)18(12)17(9-15(10)22)24-20(27)13-5-3-4-6-14(13)21(24)28/h3-6,9,16H,7-8H2,1-2H3,(H,23,25). The van der Waals surface area contributed by atoms with E-state index in [-0.39, 0.29) is 28.3 Å². The number of nitrogens with zero attached hydrogens (tertiary/aromatic N) is 1. The molecule has 3 amide bonds. The molecule has 2 aromatic rings. The zero-order chi connectivity index (χ0) is 20.2. The Morgan fingerprint density at radius 3 is 2.32 bits per heavy atom. The van der Waals surface area contributed by atoms with E-state index in [2.05, 4.69) is 5.32 Å². The van der Waals surface area contributed by atoms with E-state index in [1.165, 1.54) is 19.1 Å². The number of ketones is 1. The molecule has 0 aromatic heterocycles. The summed E-state index contributed by atoms with van der Waals surface area (Å²) in [6.45, 7) is 2.87. The molecule has 7 heteroatoms. The van der Waals surface area contributed by atoms with Gasteiger partial charge in [-0.2, -0.15) is 0 Å². The summed E-state index contributed by atoms with van der Waals surface area (Å²) in [6.07, 6.45) is 0.684. The third kappa shape index (κ3) is 2.54. The van der Waals surface area contributed by atoms with Crippen LogP contribution in [0, 0.1) is 12.7 Å². The topological polar surface area (TPSA) is 83.6 Å². The third-order valence-corrected chi connectivity index (χ3v) is 5.29. The van der Waals surface area contributed by atoms with Gasteiger partial charge < -0.3 is 5.32 Å². The van der Waals surface area contributed by atoms with Crippen molar-refractivity contribution in [2.24, 2.45) is 0 Å². The number of halogens is 1. The molecule has 0 bridgehead atoms. The van der Waals surface area contributed by atoms with Gasteiger partial charge in [0.05, 0.1) is 22.9 Å². The molecule has 2 aliphatic rings. The van der Waals surface area contributed by atoms with Gasteiger partial charge in [0.2, 0.25) is 5.91 Å². The second-order valence-electron chi connectivity index (χ2n) is 7.00. The first kappa shape index (κ1) is 18.0. The lowest BCUT2D eigenvalue weighted by Crippen LogP contribution is -2.44. The highest BCUT2D eigenvalue weighted by atomic mass is 19.1. The van der Waals surface area contributed by atoms with Crippen molar-refractivity contribution in [3.8, 4) is 0 Å². The molecule has 0 fully saturated rings. The van der Waals surface area contributed by atoms with E-state index < -0.39 is 29.5 Å². The average Bonchev–Trinajstić information content (AvgIpc) is 2.91. The number of imide groups is 1. The number of benzene rings is 2. The van der Waals surface area contributed by atoms with Gasteiger partial charge >= 0.3 is 0 Å². The first-order valence-electron chi connectivity index (χ1n) is 8.92. The largest absolute Gasteiger partial charge is 0.346 e. The molecular weight excluding hydrogens is 363 g/mol. The van der Waals surface area contributed by atoms with Crippen molar-refractivity contribution in [3.63, 3.8) is 0 Å². The molecule has 1 aliphatic heterocycles. The fourth-order valence-electron chi connectivity index (χ4n) is 3.94. The van der Waals surface area contributed by atoms with Crippen molar-refractivity contribution in [1.82, 2.24) is 5.32 Å². The molecule has 1 N–H and O–H groups in total. The van der Waals surface area contributed by atoms with Crippen LogP contribution in [-0.4, -0.2) is 29.5 Å². The normalized spacial score (nSPS) is 18.2. The van der Waals surface area contributed by atoms with Gasteiger partial charge in [-0.15, -0.1) is 0 Å². The zero-order valence-electron chi connectivity index (χ0n) is 15.3. The Morgan fingerprint density at radius 2 is 1.75 bits per heavy atom. The molecule has 1 unspecified atom stereocenters. The molecule has 0 saturated carbocycles. The fraction of sp³-hybridized carbons (Fsp3) is 0.238. The highest BCUT2D eigenvalue weighted by molar-refractivity contribution is 6.35. The first-order valence-corrected chi connectivity index (χ1v) is 8.92. The van der Waals surface area contributed by atoms with E-state index in [9.17, 15) is 23.6 Å². The summed E-state index contributed by atoms with van der Waals surface area (Å²) in [5, 5.41) is 2.59. The molecule has 28 heavy (non-hydrogen) atoms. The molecule has 142 valence electrons. The molecule has 1 aliphatic carbocycles. The minimum Gasteiger partial charge on any atom is -0.346 e. The number of amides is 3. The molecule has 1 heterocycles. The summed E-state index contributed by atoms with van der Waals surface area (Å²) in [5.41, 5.74) is 1.26. The van der Waals surface area contributed by atoms with Crippen molar-refractivity contribution in [3.05, 3.63) is 64.0 Å². The number of hydrogen-bond acceptors (Lipinski definition) is 4. The van der Waals surface area contributed by atoms with Crippen LogP contribution < -0.4 is 10.2 Å². The van der Waals surface area contributed by atoms with Crippen molar-refractivity contribution >= 4 is 29.2 Å². The second-order valence-corrected chi connectivity index (χ2v) is 7.00. The van der Waals surface area contributed by atoms with Gasteiger partial charge in [-0.3, -0.25) is 19.2 Å². The molecular formula is C21H17FN2O4. The SMILES string of the molecule is CC(=O)NC1CCc2c(C)c(F)cc(N3C(=O)c4ccccc4C3=O)c2C1=O. The number of rotatable bonds is 2. The van der Waals surface area contributed by atoms with E-state index in [0.717, 1.165) is 11.0 Å². The van der Waals surface area contributed by atoms with Crippen LogP contribution in [0.25, 0.3) is 0 Å². The first-order chi connectivity index (χ1) is 13.3. The fourth-order valence-corrected chi connectivity index (χ4v) is 3.94. The van der Waals surface area contributed by atoms with E-state index in [0.29, 0.717) is 24.0 Å². The Labute approximate surface area is 160 Å². The van der Waals surface area contributed by atoms with E-state index in [4.69, 9.17) is 0 Å². The summed E-state index contributed by atoms with van der Waals surface area (Å²) >= 11 is 0. The van der Waals surface area contributed by atoms with Crippen molar-refractivity contribution in [2.75, 3.05) is 4.90 Å².